The largest absolute Gasteiger partial charge is 0.513 e. The van der Waals surface area contributed by atoms with Crippen molar-refractivity contribution in [2.75, 3.05) is 0 Å². The van der Waals surface area contributed by atoms with Crippen molar-refractivity contribution in [3.8, 4) is 11.5 Å². The maximum absolute atomic E-state index is 13.1. The second kappa shape index (κ2) is 8.31. The number of aliphatic carboxylic acids is 1. The van der Waals surface area contributed by atoms with Crippen LogP contribution in [0.4, 0.5) is 5.69 Å². The number of hydrogen-bond acceptors (Lipinski definition) is 6. The van der Waals surface area contributed by atoms with Crippen LogP contribution in [0.2, 0.25) is 0 Å². The molecule has 0 aromatic heterocycles. The summed E-state index contributed by atoms with van der Waals surface area (Å²) in [4.78, 5) is 21.2. The number of carboxylic acid groups (broad SMARTS) is 1. The van der Waals surface area contributed by atoms with Gasteiger partial charge in [0.15, 0.2) is 0 Å². The van der Waals surface area contributed by atoms with Crippen molar-refractivity contribution in [1.29, 1.82) is 0 Å². The van der Waals surface area contributed by atoms with Crippen LogP contribution in [0.5, 0.6) is 11.5 Å². The fraction of sp³-hybridized carbons (Fsp3) is 0.133. The highest BCUT2D eigenvalue weighted by molar-refractivity contribution is 9.10. The van der Waals surface area contributed by atoms with Gasteiger partial charge in [-0.2, -0.15) is 5.09 Å². The third-order valence-corrected chi connectivity index (χ3v) is 5.30. The summed E-state index contributed by atoms with van der Waals surface area (Å²) in [6, 6.07) is 10.1. The van der Waals surface area contributed by atoms with Crippen molar-refractivity contribution in [2.24, 2.45) is 0 Å². The van der Waals surface area contributed by atoms with E-state index >= 15 is 0 Å². The van der Waals surface area contributed by atoms with Crippen LogP contribution in [0.3, 0.4) is 0 Å². The molecule has 0 saturated heterocycles. The highest BCUT2D eigenvalue weighted by Crippen LogP contribution is 2.47. The van der Waals surface area contributed by atoms with Crippen molar-refractivity contribution in [3.05, 3.63) is 63.1 Å². The van der Waals surface area contributed by atoms with Gasteiger partial charge in [0.1, 0.15) is 17.5 Å². The number of nitro benzene ring substituents is 1. The standard InChI is InChI=1S/C15H14BrN2O7P/c1-10(15(19)20)17-26(23,25-14-5-3-2-4-13(14)16)24-12-8-6-11(7-9-12)18(21)22/h2-10H,1H3,(H,17,23)(H,19,20)/t10-,26?/m0/s1. The van der Waals surface area contributed by atoms with Crippen molar-refractivity contribution < 1.29 is 28.4 Å². The van der Waals surface area contributed by atoms with Gasteiger partial charge in [-0.1, -0.05) is 12.1 Å². The quantitative estimate of drug-likeness (QED) is 0.355. The number of nitro groups is 1. The average Bonchev–Trinajstić information content (AvgIpc) is 2.57. The zero-order chi connectivity index (χ0) is 19.3. The number of halogens is 1. The van der Waals surface area contributed by atoms with Crippen molar-refractivity contribution >= 4 is 35.3 Å². The summed E-state index contributed by atoms with van der Waals surface area (Å²) in [5.74, 6) is -1.08. The number of nitrogens with one attached hydrogen (secondary N) is 1. The second-order valence-corrected chi connectivity index (χ2v) is 7.52. The summed E-state index contributed by atoms with van der Waals surface area (Å²) in [6.07, 6.45) is 0. The normalized spacial score (nSPS) is 14.1. The first-order valence-corrected chi connectivity index (χ1v) is 9.52. The summed E-state index contributed by atoms with van der Waals surface area (Å²) in [5.41, 5.74) is -0.175. The fourth-order valence-electron chi connectivity index (χ4n) is 1.78. The number of carboxylic acids is 1. The lowest BCUT2D eigenvalue weighted by molar-refractivity contribution is -0.384. The number of carbonyl (C=O) groups is 1. The van der Waals surface area contributed by atoms with E-state index in [0.29, 0.717) is 4.47 Å². The minimum atomic E-state index is -4.17. The van der Waals surface area contributed by atoms with Crippen LogP contribution in [-0.2, 0) is 9.36 Å². The van der Waals surface area contributed by atoms with Crippen molar-refractivity contribution in [1.82, 2.24) is 5.09 Å². The third kappa shape index (κ3) is 5.29. The van der Waals surface area contributed by atoms with Crippen LogP contribution in [0.15, 0.2) is 53.0 Å². The molecule has 2 N–H and O–H groups in total. The molecule has 0 bridgehead atoms. The van der Waals surface area contributed by atoms with E-state index in [1.807, 2.05) is 0 Å². The first kappa shape index (κ1) is 19.9. The molecule has 0 saturated carbocycles. The Morgan fingerprint density at radius 1 is 1.23 bits per heavy atom. The molecule has 26 heavy (non-hydrogen) atoms. The van der Waals surface area contributed by atoms with Crippen LogP contribution in [0.25, 0.3) is 0 Å². The van der Waals surface area contributed by atoms with Crippen molar-refractivity contribution in [2.45, 2.75) is 13.0 Å². The summed E-state index contributed by atoms with van der Waals surface area (Å²) in [6.45, 7) is 1.28. The molecular formula is C15H14BrN2O7P. The number of rotatable bonds is 8. The van der Waals surface area contributed by atoms with E-state index in [2.05, 4.69) is 21.0 Å². The fourth-order valence-corrected chi connectivity index (χ4v) is 3.82. The molecule has 0 spiro atoms. The molecule has 0 amide bonds. The van der Waals surface area contributed by atoms with Gasteiger partial charge in [-0.15, -0.1) is 0 Å². The van der Waals surface area contributed by atoms with Crippen molar-refractivity contribution in [3.63, 3.8) is 0 Å². The summed E-state index contributed by atoms with van der Waals surface area (Å²) in [7, 11) is -4.17. The highest BCUT2D eigenvalue weighted by atomic mass is 79.9. The van der Waals surface area contributed by atoms with E-state index in [0.717, 1.165) is 0 Å². The monoisotopic (exact) mass is 444 g/mol. The number of nitrogens with zero attached hydrogens (tertiary/aromatic N) is 1. The molecule has 2 atom stereocenters. The first-order chi connectivity index (χ1) is 12.2. The van der Waals surface area contributed by atoms with Gasteiger partial charge >= 0.3 is 13.7 Å². The topological polar surface area (TPSA) is 128 Å². The van der Waals surface area contributed by atoms with E-state index < -0.39 is 24.7 Å². The Bertz CT molecular complexity index is 859. The van der Waals surface area contributed by atoms with Gasteiger partial charge in [0, 0.05) is 12.1 Å². The summed E-state index contributed by atoms with van der Waals surface area (Å²) >= 11 is 3.23. The third-order valence-electron chi connectivity index (χ3n) is 3.05. The first-order valence-electron chi connectivity index (χ1n) is 7.19. The zero-order valence-corrected chi connectivity index (χ0v) is 15.8. The van der Waals surface area contributed by atoms with Gasteiger partial charge in [0.05, 0.1) is 9.40 Å². The molecule has 11 heteroatoms. The van der Waals surface area contributed by atoms with Gasteiger partial charge in [0.25, 0.3) is 5.69 Å². The van der Waals surface area contributed by atoms with Crippen LogP contribution in [0, 0.1) is 10.1 Å². The Kier molecular flexibility index (Phi) is 6.36. The maximum Gasteiger partial charge on any atom is 0.513 e. The smallest absolute Gasteiger partial charge is 0.480 e. The van der Waals surface area contributed by atoms with Gasteiger partial charge in [-0.05, 0) is 47.1 Å². The number of non-ortho nitro benzene ring substituents is 1. The van der Waals surface area contributed by atoms with Crippen LogP contribution >= 0.6 is 23.7 Å². The van der Waals surface area contributed by atoms with Gasteiger partial charge in [-0.25, -0.2) is 4.57 Å². The molecule has 2 rings (SSSR count). The predicted molar refractivity (Wildman–Crippen MR) is 96.3 cm³/mol. The lowest BCUT2D eigenvalue weighted by atomic mass is 10.3. The van der Waals surface area contributed by atoms with E-state index in [1.54, 1.807) is 18.2 Å². The van der Waals surface area contributed by atoms with E-state index in [9.17, 15) is 19.5 Å². The highest BCUT2D eigenvalue weighted by Gasteiger charge is 2.33. The second-order valence-electron chi connectivity index (χ2n) is 5.05. The Balaban J connectivity index is 2.30. The van der Waals surface area contributed by atoms with E-state index in [-0.39, 0.29) is 17.2 Å². The Morgan fingerprint density at radius 2 is 1.85 bits per heavy atom. The molecule has 1 unspecified atom stereocenters. The molecule has 0 aliphatic heterocycles. The van der Waals surface area contributed by atoms with E-state index in [1.165, 1.54) is 37.3 Å². The van der Waals surface area contributed by atoms with Crippen LogP contribution in [-0.4, -0.2) is 22.0 Å². The minimum Gasteiger partial charge on any atom is -0.480 e. The molecule has 0 radical (unpaired) electrons. The van der Waals surface area contributed by atoms with Gasteiger partial charge < -0.3 is 14.2 Å². The van der Waals surface area contributed by atoms with Crippen LogP contribution < -0.4 is 14.1 Å². The summed E-state index contributed by atoms with van der Waals surface area (Å²) in [5, 5.41) is 22.1. The molecule has 0 fully saturated rings. The number of para-hydroxylation sites is 1. The lowest BCUT2D eigenvalue weighted by Gasteiger charge is -2.22. The Morgan fingerprint density at radius 3 is 2.38 bits per heavy atom. The number of benzene rings is 2. The SMILES string of the molecule is C[C@H](NP(=O)(Oc1ccc([N+](=O)[O-])cc1)Oc1ccccc1Br)C(=O)O. The molecule has 0 aliphatic rings. The Hall–Kier alpha value is -2.42. The molecule has 2 aromatic rings. The van der Waals surface area contributed by atoms with Gasteiger partial charge in [0.2, 0.25) is 0 Å². The Labute approximate surface area is 156 Å². The van der Waals surface area contributed by atoms with Gasteiger partial charge in [-0.3, -0.25) is 14.9 Å². The average molecular weight is 445 g/mol. The van der Waals surface area contributed by atoms with Crippen LogP contribution in [0.1, 0.15) is 6.92 Å². The molecule has 0 aliphatic carbocycles. The minimum absolute atomic E-state index is 0.0103. The molecule has 138 valence electrons. The number of hydrogen-bond donors (Lipinski definition) is 2. The molecule has 0 heterocycles. The summed E-state index contributed by atoms with van der Waals surface area (Å²) < 4.78 is 24.3. The molecular weight excluding hydrogens is 431 g/mol. The maximum atomic E-state index is 13.1. The lowest BCUT2D eigenvalue weighted by Crippen LogP contribution is -2.34. The van der Waals surface area contributed by atoms with E-state index in [4.69, 9.17) is 14.2 Å². The zero-order valence-electron chi connectivity index (χ0n) is 13.4. The molecule has 9 nitrogen and oxygen atoms in total. The molecule has 2 aromatic carbocycles. The predicted octanol–water partition coefficient (Wildman–Crippen LogP) is 3.99.